The minimum atomic E-state index is -0.0349. The van der Waals surface area contributed by atoms with E-state index in [-0.39, 0.29) is 18.0 Å². The summed E-state index contributed by atoms with van der Waals surface area (Å²) in [4.78, 5) is 11.0. The third kappa shape index (κ3) is 1.70. The molecule has 0 aliphatic carbocycles. The van der Waals surface area contributed by atoms with Gasteiger partial charge in [-0.05, 0) is 19.1 Å². The predicted octanol–water partition coefficient (Wildman–Crippen LogP) is 2.92. The van der Waals surface area contributed by atoms with E-state index in [1.165, 1.54) is 13.2 Å². The number of furan rings is 1. The van der Waals surface area contributed by atoms with E-state index in [9.17, 15) is 9.90 Å². The molecular weight excluding hydrogens is 216 g/mol. The smallest absolute Gasteiger partial charge is 0.177 e. The van der Waals surface area contributed by atoms with E-state index in [4.69, 9.17) is 16.0 Å². The summed E-state index contributed by atoms with van der Waals surface area (Å²) in [5, 5.41) is 10.9. The van der Waals surface area contributed by atoms with Crippen molar-refractivity contribution in [3.8, 4) is 5.75 Å². The number of Topliss-reactive ketones (excluding diaryl/α,β-unsaturated/α-hetero) is 1. The number of phenols is 1. The highest BCUT2D eigenvalue weighted by Crippen LogP contribution is 2.35. The normalized spacial score (nSPS) is 10.8. The van der Waals surface area contributed by atoms with Crippen molar-refractivity contribution in [3.05, 3.63) is 29.0 Å². The average Bonchev–Trinajstić information content (AvgIpc) is 2.61. The number of halogens is 1. The van der Waals surface area contributed by atoms with Gasteiger partial charge in [-0.2, -0.15) is 0 Å². The summed E-state index contributed by atoms with van der Waals surface area (Å²) >= 11 is 5.98. The standard InChI is InChI=1S/C11H9ClO3/c1-6(13)4-7-5-9(12)8-2-3-15-11(8)10(7)14/h2-3,5,14H,4H2,1H3. The Hall–Kier alpha value is -1.48. The van der Waals surface area contributed by atoms with Gasteiger partial charge in [-0.1, -0.05) is 11.6 Å². The Morgan fingerprint density at radius 3 is 3.00 bits per heavy atom. The molecule has 0 saturated carbocycles. The van der Waals surface area contributed by atoms with Gasteiger partial charge in [0.15, 0.2) is 11.3 Å². The first-order valence-electron chi connectivity index (χ1n) is 4.46. The van der Waals surface area contributed by atoms with E-state index in [0.717, 1.165) is 0 Å². The maximum Gasteiger partial charge on any atom is 0.177 e. The molecule has 1 heterocycles. The third-order valence-corrected chi connectivity index (χ3v) is 2.49. The summed E-state index contributed by atoms with van der Waals surface area (Å²) in [5.41, 5.74) is 0.828. The maximum absolute atomic E-state index is 11.0. The average molecular weight is 225 g/mol. The number of carbonyl (C=O) groups is 1. The quantitative estimate of drug-likeness (QED) is 0.853. The Bertz CT molecular complexity index is 528. The molecule has 15 heavy (non-hydrogen) atoms. The van der Waals surface area contributed by atoms with Gasteiger partial charge in [0.05, 0.1) is 11.3 Å². The van der Waals surface area contributed by atoms with Gasteiger partial charge in [-0.25, -0.2) is 0 Å². The van der Waals surface area contributed by atoms with E-state index in [1.54, 1.807) is 12.1 Å². The zero-order valence-electron chi connectivity index (χ0n) is 8.08. The van der Waals surface area contributed by atoms with Crippen molar-refractivity contribution in [3.63, 3.8) is 0 Å². The number of hydrogen-bond donors (Lipinski definition) is 1. The molecule has 0 saturated heterocycles. The topological polar surface area (TPSA) is 50.4 Å². The molecule has 0 aliphatic heterocycles. The fraction of sp³-hybridized carbons (Fsp3) is 0.182. The third-order valence-electron chi connectivity index (χ3n) is 2.18. The van der Waals surface area contributed by atoms with Crippen LogP contribution in [-0.4, -0.2) is 10.9 Å². The number of ketones is 1. The molecule has 78 valence electrons. The number of aromatic hydroxyl groups is 1. The van der Waals surface area contributed by atoms with Crippen LogP contribution in [0.3, 0.4) is 0 Å². The molecule has 0 aliphatic rings. The van der Waals surface area contributed by atoms with Crippen LogP contribution in [0.4, 0.5) is 0 Å². The van der Waals surface area contributed by atoms with Crippen LogP contribution < -0.4 is 0 Å². The fourth-order valence-corrected chi connectivity index (χ4v) is 1.81. The second-order valence-electron chi connectivity index (χ2n) is 3.41. The number of phenolic OH excluding ortho intramolecular Hbond substituents is 1. The number of hydrogen-bond acceptors (Lipinski definition) is 3. The first-order valence-corrected chi connectivity index (χ1v) is 4.84. The Balaban J connectivity index is 2.65. The Kier molecular flexibility index (Phi) is 2.40. The van der Waals surface area contributed by atoms with Crippen LogP contribution in [0, 0.1) is 0 Å². The SMILES string of the molecule is CC(=O)Cc1cc(Cl)c2ccoc2c1O. The molecule has 0 radical (unpaired) electrons. The summed E-state index contributed by atoms with van der Waals surface area (Å²) in [6, 6.07) is 3.27. The van der Waals surface area contributed by atoms with Crippen LogP contribution in [0.5, 0.6) is 5.75 Å². The van der Waals surface area contributed by atoms with E-state index in [0.29, 0.717) is 21.6 Å². The molecule has 0 bridgehead atoms. The molecule has 0 fully saturated rings. The van der Waals surface area contributed by atoms with Crippen molar-refractivity contribution in [1.29, 1.82) is 0 Å². The molecule has 2 aromatic rings. The minimum Gasteiger partial charge on any atom is -0.504 e. The van der Waals surface area contributed by atoms with Gasteiger partial charge in [-0.3, -0.25) is 4.79 Å². The largest absolute Gasteiger partial charge is 0.504 e. The number of rotatable bonds is 2. The van der Waals surface area contributed by atoms with Crippen LogP contribution in [0.1, 0.15) is 12.5 Å². The summed E-state index contributed by atoms with van der Waals surface area (Å²) in [6.07, 6.45) is 1.61. The second kappa shape index (κ2) is 3.59. The van der Waals surface area contributed by atoms with Crippen molar-refractivity contribution in [2.45, 2.75) is 13.3 Å². The van der Waals surface area contributed by atoms with Crippen molar-refractivity contribution >= 4 is 28.4 Å². The summed E-state index contributed by atoms with van der Waals surface area (Å²) in [5.74, 6) is -0.0399. The maximum atomic E-state index is 11.0. The van der Waals surface area contributed by atoms with Crippen molar-refractivity contribution < 1.29 is 14.3 Å². The molecular formula is C11H9ClO3. The highest BCUT2D eigenvalue weighted by atomic mass is 35.5. The van der Waals surface area contributed by atoms with E-state index < -0.39 is 0 Å². The highest BCUT2D eigenvalue weighted by molar-refractivity contribution is 6.35. The second-order valence-corrected chi connectivity index (χ2v) is 3.82. The molecule has 3 nitrogen and oxygen atoms in total. The Morgan fingerprint density at radius 1 is 1.60 bits per heavy atom. The van der Waals surface area contributed by atoms with E-state index >= 15 is 0 Å². The lowest BCUT2D eigenvalue weighted by Gasteiger charge is -2.04. The summed E-state index contributed by atoms with van der Waals surface area (Å²) < 4.78 is 5.11. The lowest BCUT2D eigenvalue weighted by atomic mass is 10.1. The summed E-state index contributed by atoms with van der Waals surface area (Å²) in [7, 11) is 0. The number of carbonyl (C=O) groups excluding carboxylic acids is 1. The monoisotopic (exact) mass is 224 g/mol. The van der Waals surface area contributed by atoms with Crippen LogP contribution in [0.2, 0.25) is 5.02 Å². The van der Waals surface area contributed by atoms with Gasteiger partial charge >= 0.3 is 0 Å². The molecule has 0 amide bonds. The Labute approximate surface area is 91.3 Å². The van der Waals surface area contributed by atoms with Gasteiger partial charge in [0.2, 0.25) is 0 Å². The fourth-order valence-electron chi connectivity index (χ4n) is 1.53. The lowest BCUT2D eigenvalue weighted by molar-refractivity contribution is -0.116. The predicted molar refractivity (Wildman–Crippen MR) is 57.3 cm³/mol. The van der Waals surface area contributed by atoms with Crippen molar-refractivity contribution in [1.82, 2.24) is 0 Å². The van der Waals surface area contributed by atoms with Crippen LogP contribution in [0.25, 0.3) is 11.0 Å². The zero-order valence-corrected chi connectivity index (χ0v) is 8.84. The van der Waals surface area contributed by atoms with E-state index in [2.05, 4.69) is 0 Å². The van der Waals surface area contributed by atoms with E-state index in [1.807, 2.05) is 0 Å². The summed E-state index contributed by atoms with van der Waals surface area (Å²) in [6.45, 7) is 1.46. The molecule has 0 spiro atoms. The molecule has 1 N–H and O–H groups in total. The molecule has 0 atom stereocenters. The Morgan fingerprint density at radius 2 is 2.33 bits per heavy atom. The first-order chi connectivity index (χ1) is 7.09. The number of benzene rings is 1. The van der Waals surface area contributed by atoms with Crippen molar-refractivity contribution in [2.75, 3.05) is 0 Å². The van der Waals surface area contributed by atoms with Gasteiger partial charge in [0, 0.05) is 17.4 Å². The van der Waals surface area contributed by atoms with Gasteiger partial charge in [-0.15, -0.1) is 0 Å². The highest BCUT2D eigenvalue weighted by Gasteiger charge is 2.13. The van der Waals surface area contributed by atoms with Crippen LogP contribution >= 0.6 is 11.6 Å². The lowest BCUT2D eigenvalue weighted by Crippen LogP contribution is -1.96. The van der Waals surface area contributed by atoms with Gasteiger partial charge in [0.1, 0.15) is 5.78 Å². The van der Waals surface area contributed by atoms with Crippen molar-refractivity contribution in [2.24, 2.45) is 0 Å². The number of fused-ring (bicyclic) bond motifs is 1. The molecule has 1 aromatic carbocycles. The molecule has 4 heteroatoms. The van der Waals surface area contributed by atoms with Crippen LogP contribution in [0.15, 0.2) is 22.8 Å². The molecule has 0 unspecified atom stereocenters. The zero-order chi connectivity index (χ0) is 11.0. The molecule has 1 aromatic heterocycles. The van der Waals surface area contributed by atoms with Crippen LogP contribution in [-0.2, 0) is 11.2 Å². The van der Waals surface area contributed by atoms with Gasteiger partial charge in [0.25, 0.3) is 0 Å². The minimum absolute atomic E-state index is 0.00500. The first kappa shape index (κ1) is 10.1. The molecule has 2 rings (SSSR count). The van der Waals surface area contributed by atoms with Gasteiger partial charge < -0.3 is 9.52 Å².